The molecule has 1 fully saturated rings. The summed E-state index contributed by atoms with van der Waals surface area (Å²) in [4.78, 5) is 13.6. The fourth-order valence-electron chi connectivity index (χ4n) is 1.86. The smallest absolute Gasteiger partial charge is 0.240 e. The van der Waals surface area contributed by atoms with Gasteiger partial charge in [0.15, 0.2) is 9.84 Å². The van der Waals surface area contributed by atoms with Crippen molar-refractivity contribution < 1.29 is 13.2 Å². The molecule has 4 nitrogen and oxygen atoms in total. The zero-order chi connectivity index (χ0) is 12.3. The lowest BCUT2D eigenvalue weighted by Crippen LogP contribution is -2.39. The molecule has 0 N–H and O–H groups in total. The number of halogens is 1. The summed E-state index contributed by atoms with van der Waals surface area (Å²) in [5.41, 5.74) is 0. The van der Waals surface area contributed by atoms with E-state index in [2.05, 4.69) is 15.9 Å². The molecule has 0 bridgehead atoms. The number of nitrogens with zero attached hydrogens (tertiary/aromatic N) is 1. The van der Waals surface area contributed by atoms with E-state index >= 15 is 0 Å². The van der Waals surface area contributed by atoms with Gasteiger partial charge in [-0.2, -0.15) is 0 Å². The number of sulfone groups is 1. The van der Waals surface area contributed by atoms with Crippen molar-refractivity contribution in [2.24, 2.45) is 5.92 Å². The van der Waals surface area contributed by atoms with Crippen LogP contribution >= 0.6 is 15.9 Å². The average molecular weight is 312 g/mol. The monoisotopic (exact) mass is 311 g/mol. The second-order valence-electron chi connectivity index (χ2n) is 4.39. The maximum atomic E-state index is 11.9. The number of alkyl halides is 1. The minimum atomic E-state index is -3.27. The molecule has 0 aromatic carbocycles. The second-order valence-corrected chi connectivity index (χ2v) is 7.55. The number of hydrogen-bond donors (Lipinski definition) is 0. The van der Waals surface area contributed by atoms with E-state index in [1.807, 2.05) is 0 Å². The summed E-state index contributed by atoms with van der Waals surface area (Å²) < 4.78 is 22.6. The van der Waals surface area contributed by atoms with Crippen LogP contribution in [0.25, 0.3) is 0 Å². The summed E-state index contributed by atoms with van der Waals surface area (Å²) in [5.74, 6) is 0.259. The highest BCUT2D eigenvalue weighted by molar-refractivity contribution is 9.09. The minimum Gasteiger partial charge on any atom is -0.341 e. The molecule has 1 aliphatic rings. The van der Waals surface area contributed by atoms with E-state index in [0.29, 0.717) is 19.0 Å². The van der Waals surface area contributed by atoms with Crippen LogP contribution in [0.15, 0.2) is 0 Å². The molecule has 2 atom stereocenters. The van der Waals surface area contributed by atoms with Gasteiger partial charge in [-0.05, 0) is 25.7 Å². The van der Waals surface area contributed by atoms with E-state index in [-0.39, 0.29) is 5.91 Å². The third-order valence-corrected chi connectivity index (χ3v) is 5.05. The molecule has 16 heavy (non-hydrogen) atoms. The van der Waals surface area contributed by atoms with E-state index in [0.717, 1.165) is 24.4 Å². The Kier molecular flexibility index (Phi) is 4.79. The highest BCUT2D eigenvalue weighted by Crippen LogP contribution is 2.21. The van der Waals surface area contributed by atoms with Gasteiger partial charge >= 0.3 is 0 Å². The number of carbonyl (C=O) groups excluding carboxylic acids is 1. The normalized spacial score (nSPS) is 23.4. The fourth-order valence-corrected chi connectivity index (χ4v) is 3.03. The number of hydrogen-bond acceptors (Lipinski definition) is 3. The van der Waals surface area contributed by atoms with Crippen molar-refractivity contribution in [3.05, 3.63) is 0 Å². The molecule has 0 radical (unpaired) electrons. The SMILES string of the molecule is CC(C(=O)N1CCC(CCBr)C1)S(C)(=O)=O. The first-order valence-corrected chi connectivity index (χ1v) is 8.47. The standard InChI is InChI=1S/C10H18BrNO3S/c1-8(16(2,14)15)10(13)12-6-4-9(7-12)3-5-11/h8-9H,3-7H2,1-2H3. The van der Waals surface area contributed by atoms with Gasteiger partial charge in [0.25, 0.3) is 0 Å². The van der Waals surface area contributed by atoms with Crippen LogP contribution in [0.4, 0.5) is 0 Å². The molecular formula is C10H18BrNO3S. The van der Waals surface area contributed by atoms with Gasteiger partial charge in [0.2, 0.25) is 5.91 Å². The molecule has 1 aliphatic heterocycles. The van der Waals surface area contributed by atoms with Gasteiger partial charge in [0.1, 0.15) is 5.25 Å². The highest BCUT2D eigenvalue weighted by Gasteiger charge is 2.32. The molecule has 2 unspecified atom stereocenters. The summed E-state index contributed by atoms with van der Waals surface area (Å²) in [5, 5.41) is 0.0247. The van der Waals surface area contributed by atoms with E-state index in [4.69, 9.17) is 0 Å². The largest absolute Gasteiger partial charge is 0.341 e. The quantitative estimate of drug-likeness (QED) is 0.729. The molecule has 0 aliphatic carbocycles. The van der Waals surface area contributed by atoms with Gasteiger partial charge in [-0.15, -0.1) is 0 Å². The van der Waals surface area contributed by atoms with Crippen LogP contribution in [0.5, 0.6) is 0 Å². The van der Waals surface area contributed by atoms with Gasteiger partial charge in [-0.3, -0.25) is 4.79 Å². The third-order valence-electron chi connectivity index (χ3n) is 3.10. The molecule has 94 valence electrons. The number of amides is 1. The van der Waals surface area contributed by atoms with Gasteiger partial charge in [-0.25, -0.2) is 8.42 Å². The van der Waals surface area contributed by atoms with Crippen LogP contribution in [-0.2, 0) is 14.6 Å². The van der Waals surface area contributed by atoms with Crippen LogP contribution in [0.2, 0.25) is 0 Å². The number of likely N-dealkylation sites (tertiary alicyclic amines) is 1. The van der Waals surface area contributed by atoms with E-state index < -0.39 is 15.1 Å². The van der Waals surface area contributed by atoms with Gasteiger partial charge in [0, 0.05) is 24.7 Å². The van der Waals surface area contributed by atoms with Crippen molar-refractivity contribution in [2.75, 3.05) is 24.7 Å². The summed E-state index contributed by atoms with van der Waals surface area (Å²) in [7, 11) is -3.27. The lowest BCUT2D eigenvalue weighted by molar-refractivity contribution is -0.129. The van der Waals surface area contributed by atoms with Crippen molar-refractivity contribution in [3.8, 4) is 0 Å². The Hall–Kier alpha value is -0.100. The number of rotatable bonds is 4. The van der Waals surface area contributed by atoms with Crippen molar-refractivity contribution in [3.63, 3.8) is 0 Å². The lowest BCUT2D eigenvalue weighted by Gasteiger charge is -2.19. The fraction of sp³-hybridized carbons (Fsp3) is 0.900. The Morgan fingerprint density at radius 2 is 2.19 bits per heavy atom. The molecule has 0 aromatic rings. The van der Waals surface area contributed by atoms with Gasteiger partial charge in [-0.1, -0.05) is 15.9 Å². The molecular weight excluding hydrogens is 294 g/mol. The zero-order valence-electron chi connectivity index (χ0n) is 9.65. The van der Waals surface area contributed by atoms with E-state index in [1.165, 1.54) is 6.92 Å². The van der Waals surface area contributed by atoms with Crippen LogP contribution in [0.1, 0.15) is 19.8 Å². The van der Waals surface area contributed by atoms with Crippen LogP contribution < -0.4 is 0 Å². The van der Waals surface area contributed by atoms with E-state index in [9.17, 15) is 13.2 Å². The van der Waals surface area contributed by atoms with Crippen molar-refractivity contribution >= 4 is 31.7 Å². The van der Waals surface area contributed by atoms with Gasteiger partial charge < -0.3 is 4.90 Å². The topological polar surface area (TPSA) is 54.5 Å². The molecule has 6 heteroatoms. The minimum absolute atomic E-state index is 0.250. The Bertz CT molecular complexity index is 355. The van der Waals surface area contributed by atoms with Crippen molar-refractivity contribution in [1.29, 1.82) is 0 Å². The average Bonchev–Trinajstić information content (AvgIpc) is 2.63. The summed E-state index contributed by atoms with van der Waals surface area (Å²) >= 11 is 3.38. The molecule has 1 heterocycles. The summed E-state index contributed by atoms with van der Waals surface area (Å²) in [6.45, 7) is 2.86. The van der Waals surface area contributed by atoms with Crippen molar-refractivity contribution in [2.45, 2.75) is 25.0 Å². The first kappa shape index (κ1) is 14.0. The maximum absolute atomic E-state index is 11.9. The van der Waals surface area contributed by atoms with E-state index in [1.54, 1.807) is 4.90 Å². The molecule has 0 aromatic heterocycles. The predicted molar refractivity (Wildman–Crippen MR) is 67.4 cm³/mol. The zero-order valence-corrected chi connectivity index (χ0v) is 12.1. The number of carbonyl (C=O) groups is 1. The second kappa shape index (κ2) is 5.49. The maximum Gasteiger partial charge on any atom is 0.240 e. The Labute approximate surface area is 105 Å². The van der Waals surface area contributed by atoms with Gasteiger partial charge in [0.05, 0.1) is 0 Å². The lowest BCUT2D eigenvalue weighted by atomic mass is 10.1. The highest BCUT2D eigenvalue weighted by atomic mass is 79.9. The summed E-state index contributed by atoms with van der Waals surface area (Å²) in [6, 6.07) is 0. The third kappa shape index (κ3) is 3.45. The summed E-state index contributed by atoms with van der Waals surface area (Å²) in [6.07, 6.45) is 3.13. The van der Waals surface area contributed by atoms with Crippen LogP contribution in [-0.4, -0.2) is 49.2 Å². The molecule has 0 saturated carbocycles. The first-order valence-electron chi connectivity index (χ1n) is 5.40. The molecule has 1 saturated heterocycles. The Morgan fingerprint density at radius 1 is 1.56 bits per heavy atom. The molecule has 1 amide bonds. The Balaban J connectivity index is 2.58. The molecule has 0 spiro atoms. The predicted octanol–water partition coefficient (Wildman–Crippen LogP) is 1.05. The molecule has 1 rings (SSSR count). The van der Waals surface area contributed by atoms with Crippen LogP contribution in [0.3, 0.4) is 0 Å². The first-order chi connectivity index (χ1) is 7.36. The van der Waals surface area contributed by atoms with Crippen LogP contribution in [0, 0.1) is 5.92 Å². The Morgan fingerprint density at radius 3 is 2.69 bits per heavy atom. The van der Waals surface area contributed by atoms with Crippen molar-refractivity contribution in [1.82, 2.24) is 4.90 Å².